The minimum absolute atomic E-state index is 0.512. The quantitative estimate of drug-likeness (QED) is 0.325. The van der Waals surface area contributed by atoms with E-state index in [1.54, 1.807) is 0 Å². The first kappa shape index (κ1) is 19.2. The van der Waals surface area contributed by atoms with Crippen molar-refractivity contribution in [1.82, 2.24) is 10.3 Å². The number of aromatic nitrogens is 1. The molecule has 1 aromatic heterocycles. The summed E-state index contributed by atoms with van der Waals surface area (Å²) < 4.78 is 0. The molecule has 0 spiro atoms. The largest absolute Gasteiger partial charge is 0.354 e. The molecule has 5 nitrogen and oxygen atoms in total. The molecule has 0 amide bonds. The van der Waals surface area contributed by atoms with E-state index in [1.807, 2.05) is 66.8 Å². The first-order valence-electron chi connectivity index (χ1n) is 11.2. The summed E-state index contributed by atoms with van der Waals surface area (Å²) in [7, 11) is 0. The zero-order chi connectivity index (χ0) is 23.5. The van der Waals surface area contributed by atoms with Crippen molar-refractivity contribution in [3.63, 3.8) is 0 Å². The molecule has 5 heteroatoms. The van der Waals surface area contributed by atoms with E-state index in [0.29, 0.717) is 11.3 Å². The summed E-state index contributed by atoms with van der Waals surface area (Å²) in [5.74, 6) is 0. The van der Waals surface area contributed by atoms with Gasteiger partial charge in [0.15, 0.2) is 5.69 Å². The van der Waals surface area contributed by atoms with Crippen LogP contribution in [0.25, 0.3) is 49.9 Å². The van der Waals surface area contributed by atoms with Crippen molar-refractivity contribution in [1.29, 1.82) is 5.26 Å². The summed E-state index contributed by atoms with van der Waals surface area (Å²) >= 11 is 0. The zero-order valence-electron chi connectivity index (χ0n) is 18.4. The topological polar surface area (TPSA) is 65.4 Å². The third-order valence-electron chi connectivity index (χ3n) is 6.56. The number of benzene rings is 3. The van der Waals surface area contributed by atoms with E-state index in [2.05, 4.69) is 34.4 Å². The Labute approximate surface area is 201 Å². The molecule has 0 atom stereocenters. The fourth-order valence-electron chi connectivity index (χ4n) is 4.93. The molecule has 3 aliphatic rings. The average Bonchev–Trinajstić information content (AvgIpc) is 3.30. The number of nitrogens with one attached hydrogen (secondary N) is 1. The van der Waals surface area contributed by atoms with Crippen molar-refractivity contribution >= 4 is 22.8 Å². The Bertz CT molecular complexity index is 1890. The van der Waals surface area contributed by atoms with Crippen molar-refractivity contribution in [3.05, 3.63) is 118 Å². The lowest BCUT2D eigenvalue weighted by Crippen LogP contribution is -2.32. The lowest BCUT2D eigenvalue weighted by molar-refractivity contribution is 1.20. The maximum atomic E-state index is 9.81. The number of fused-ring (bicyclic) bond motifs is 10. The van der Waals surface area contributed by atoms with E-state index >= 15 is 0 Å². The number of rotatable bonds is 0. The van der Waals surface area contributed by atoms with E-state index < -0.39 is 0 Å². The normalized spacial score (nSPS) is 13.5. The molecule has 3 aromatic carbocycles. The third kappa shape index (κ3) is 2.86. The molecule has 0 aliphatic carbocycles. The fourth-order valence-corrected chi connectivity index (χ4v) is 4.93. The van der Waals surface area contributed by atoms with Gasteiger partial charge in [-0.15, -0.1) is 0 Å². The molecule has 160 valence electrons. The standard InChI is InChI=1S/C30H15N5/c1-32-20-14-22-21-11-17(16-31)12-23-27-9-3-7-25(33-27)18-5-2-6-19(13-18)26-8-4-10-28(34-26)24(15-20)30(22)35-29(21)23/h2-15,33H. The van der Waals surface area contributed by atoms with Crippen molar-refractivity contribution in [2.24, 2.45) is 4.99 Å². The van der Waals surface area contributed by atoms with E-state index in [4.69, 9.17) is 16.5 Å². The Morgan fingerprint density at radius 2 is 1.71 bits per heavy atom. The maximum absolute atomic E-state index is 9.81. The molecule has 0 unspecified atom stereocenters. The summed E-state index contributed by atoms with van der Waals surface area (Å²) in [5, 5.41) is 15.0. The van der Waals surface area contributed by atoms with Crippen LogP contribution in [0.15, 0.2) is 90.0 Å². The first-order valence-corrected chi connectivity index (χ1v) is 11.2. The zero-order valence-corrected chi connectivity index (χ0v) is 18.4. The smallest absolute Gasteiger partial charge is 0.188 e. The molecule has 4 aromatic rings. The van der Waals surface area contributed by atoms with Crippen molar-refractivity contribution in [3.8, 4) is 39.7 Å². The van der Waals surface area contributed by atoms with Crippen molar-refractivity contribution in [2.75, 3.05) is 0 Å². The van der Waals surface area contributed by atoms with Crippen LogP contribution in [-0.2, 0) is 0 Å². The monoisotopic (exact) mass is 445 g/mol. The van der Waals surface area contributed by atoms with Crippen molar-refractivity contribution in [2.45, 2.75) is 0 Å². The second-order valence-electron chi connectivity index (χ2n) is 8.61. The number of allylic oxidation sites excluding steroid dienone is 2. The van der Waals surface area contributed by atoms with Crippen LogP contribution in [0.4, 0.5) is 11.4 Å². The second-order valence-corrected chi connectivity index (χ2v) is 8.61. The molecule has 0 saturated carbocycles. The highest BCUT2D eigenvalue weighted by Gasteiger charge is 2.23. The second kappa shape index (κ2) is 7.12. The van der Waals surface area contributed by atoms with Gasteiger partial charge in [0, 0.05) is 33.3 Å². The van der Waals surface area contributed by atoms with E-state index in [9.17, 15) is 5.26 Å². The predicted molar refractivity (Wildman–Crippen MR) is 136 cm³/mol. The van der Waals surface area contributed by atoms with Gasteiger partial charge in [-0.1, -0.05) is 30.3 Å². The Balaban J connectivity index is 1.68. The van der Waals surface area contributed by atoms with Gasteiger partial charge in [-0.05, 0) is 65.7 Å². The summed E-state index contributed by atoms with van der Waals surface area (Å²) in [5.41, 5.74) is 9.82. The highest BCUT2D eigenvalue weighted by molar-refractivity contribution is 5.94. The molecule has 35 heavy (non-hydrogen) atoms. The lowest BCUT2D eigenvalue weighted by Gasteiger charge is -2.17. The third-order valence-corrected chi connectivity index (χ3v) is 6.56. The summed E-state index contributed by atoms with van der Waals surface area (Å²) in [4.78, 5) is 13.8. The SMILES string of the molecule is [C-]#[N+]c1cc2c3c(c1)-c1cc(C#N)cc(c1=N3)=C1C=CC=C(N1)c1cccc(c1)-c1cccc-2n1. The Hall–Kier alpha value is -5.26. The van der Waals surface area contributed by atoms with Gasteiger partial charge in [-0.3, -0.25) is 0 Å². The maximum Gasteiger partial charge on any atom is 0.188 e. The van der Waals surface area contributed by atoms with Gasteiger partial charge in [-0.25, -0.2) is 14.8 Å². The lowest BCUT2D eigenvalue weighted by atomic mass is 9.97. The first-order chi connectivity index (χ1) is 17.2. The van der Waals surface area contributed by atoms with Gasteiger partial charge in [0.1, 0.15) is 0 Å². The van der Waals surface area contributed by atoms with E-state index in [-0.39, 0.29) is 0 Å². The number of dihydropyridines is 1. The summed E-state index contributed by atoms with van der Waals surface area (Å²) in [6.07, 6.45) is 6.05. The van der Waals surface area contributed by atoms with Crippen LogP contribution in [0, 0.1) is 17.9 Å². The highest BCUT2D eigenvalue weighted by Crippen LogP contribution is 2.43. The molecule has 3 aliphatic heterocycles. The fraction of sp³-hybridized carbons (Fsp3) is 0. The Kier molecular flexibility index (Phi) is 3.91. The van der Waals surface area contributed by atoms with Gasteiger partial charge < -0.3 is 5.32 Å². The van der Waals surface area contributed by atoms with Crippen LogP contribution in [0.3, 0.4) is 0 Å². The van der Waals surface area contributed by atoms with Gasteiger partial charge in [0.25, 0.3) is 0 Å². The predicted octanol–water partition coefficient (Wildman–Crippen LogP) is 5.39. The van der Waals surface area contributed by atoms with Crippen LogP contribution in [0.2, 0.25) is 0 Å². The molecule has 0 saturated heterocycles. The van der Waals surface area contributed by atoms with Crippen molar-refractivity contribution < 1.29 is 0 Å². The number of nitriles is 1. The molecule has 1 N–H and O–H groups in total. The number of pyridine rings is 1. The Morgan fingerprint density at radius 1 is 0.886 bits per heavy atom. The average molecular weight is 445 g/mol. The van der Waals surface area contributed by atoms with Crippen LogP contribution in [0.1, 0.15) is 11.1 Å². The minimum Gasteiger partial charge on any atom is -0.354 e. The van der Waals surface area contributed by atoms with Crippen LogP contribution < -0.4 is 15.9 Å². The summed E-state index contributed by atoms with van der Waals surface area (Å²) in [6, 6.07) is 24.0. The summed E-state index contributed by atoms with van der Waals surface area (Å²) in [6.45, 7) is 7.70. The highest BCUT2D eigenvalue weighted by atomic mass is 14.9. The molecule has 0 fully saturated rings. The van der Waals surface area contributed by atoms with E-state index in [0.717, 1.165) is 66.9 Å². The van der Waals surface area contributed by atoms with Crippen LogP contribution in [0.5, 0.6) is 0 Å². The Morgan fingerprint density at radius 3 is 2.60 bits per heavy atom. The molecular formula is C30H15N5. The number of hydrogen-bond acceptors (Lipinski definition) is 4. The van der Waals surface area contributed by atoms with Gasteiger partial charge in [0.05, 0.1) is 40.6 Å². The molecule has 7 rings (SSSR count). The molecule has 0 radical (unpaired) electrons. The number of hydrogen-bond donors (Lipinski definition) is 1. The van der Waals surface area contributed by atoms with Gasteiger partial charge in [0.2, 0.25) is 0 Å². The number of nitrogens with zero attached hydrogens (tertiary/aromatic N) is 4. The molecule has 8 bridgehead atoms. The van der Waals surface area contributed by atoms with Crippen LogP contribution in [-0.4, -0.2) is 4.98 Å². The van der Waals surface area contributed by atoms with Gasteiger partial charge >= 0.3 is 0 Å². The van der Waals surface area contributed by atoms with Crippen LogP contribution >= 0.6 is 0 Å². The molecule has 4 heterocycles. The molecular weight excluding hydrogens is 430 g/mol. The van der Waals surface area contributed by atoms with E-state index in [1.165, 1.54) is 0 Å². The minimum atomic E-state index is 0.512. The van der Waals surface area contributed by atoms with Gasteiger partial charge in [-0.2, -0.15) is 5.26 Å².